The largest absolute Gasteiger partial charge is 0.380 e. The van der Waals surface area contributed by atoms with Crippen molar-refractivity contribution >= 4 is 28.5 Å². The minimum atomic E-state index is 0.183. The maximum absolute atomic E-state index is 5.59. The summed E-state index contributed by atoms with van der Waals surface area (Å²) in [5.74, 6) is 0.372. The third-order valence-corrected chi connectivity index (χ3v) is 1.77. The number of fused-ring (bicyclic) bond motifs is 1. The Balaban J connectivity index is 2.90. The summed E-state index contributed by atoms with van der Waals surface area (Å²) in [6.07, 6.45) is 1.59. The molecule has 6 heteroatoms. The first-order chi connectivity index (χ1) is 5.68. The predicted octanol–water partition coefficient (Wildman–Crippen LogP) is 0.599. The number of aromatic nitrogens is 4. The Bertz CT molecular complexity index is 435. The molecule has 0 saturated carbocycles. The first-order valence-corrected chi connectivity index (χ1v) is 3.67. The molecule has 2 heterocycles. The fourth-order valence-electron chi connectivity index (χ4n) is 1.04. The van der Waals surface area contributed by atoms with Gasteiger partial charge in [-0.15, -0.1) is 0 Å². The Morgan fingerprint density at radius 3 is 3.08 bits per heavy atom. The molecule has 0 bridgehead atoms. The number of halogens is 1. The highest BCUT2D eigenvalue weighted by molar-refractivity contribution is 6.28. The van der Waals surface area contributed by atoms with E-state index < -0.39 is 0 Å². The van der Waals surface area contributed by atoms with Crippen molar-refractivity contribution in [1.29, 1.82) is 0 Å². The fourth-order valence-corrected chi connectivity index (χ4v) is 1.18. The van der Waals surface area contributed by atoms with E-state index in [0.717, 1.165) is 5.52 Å². The van der Waals surface area contributed by atoms with Crippen LogP contribution in [0.15, 0.2) is 6.20 Å². The first kappa shape index (κ1) is 7.30. The molecule has 2 aromatic rings. The SMILES string of the molecule is Cn1nc(N)c2nc(Cl)ncc21. The number of rotatable bonds is 0. The monoisotopic (exact) mass is 183 g/mol. The van der Waals surface area contributed by atoms with Crippen LogP contribution in [-0.4, -0.2) is 19.7 Å². The summed E-state index contributed by atoms with van der Waals surface area (Å²) in [7, 11) is 1.77. The van der Waals surface area contributed by atoms with Gasteiger partial charge in [-0.2, -0.15) is 5.10 Å². The number of nitrogen functional groups attached to an aromatic ring is 1. The maximum Gasteiger partial charge on any atom is 0.223 e. The second kappa shape index (κ2) is 2.31. The second-order valence-electron chi connectivity index (χ2n) is 2.38. The molecule has 2 aromatic heterocycles. The standard InChI is InChI=1S/C6H6ClN5/c1-12-3-2-9-6(7)10-4(3)5(8)11-12/h2H,1H3,(H2,8,11). The van der Waals surface area contributed by atoms with E-state index in [-0.39, 0.29) is 5.28 Å². The predicted molar refractivity (Wildman–Crippen MR) is 45.7 cm³/mol. The average Bonchev–Trinajstić information content (AvgIpc) is 2.28. The van der Waals surface area contributed by atoms with Gasteiger partial charge in [0.05, 0.1) is 6.20 Å². The van der Waals surface area contributed by atoms with Crippen molar-refractivity contribution in [2.75, 3.05) is 5.73 Å². The lowest BCUT2D eigenvalue weighted by Crippen LogP contribution is -1.91. The van der Waals surface area contributed by atoms with Gasteiger partial charge in [0.1, 0.15) is 11.0 Å². The van der Waals surface area contributed by atoms with Gasteiger partial charge < -0.3 is 5.73 Å². The molecule has 0 saturated heterocycles. The highest BCUT2D eigenvalue weighted by atomic mass is 35.5. The number of nitrogens with two attached hydrogens (primary N) is 1. The van der Waals surface area contributed by atoms with Gasteiger partial charge in [-0.1, -0.05) is 0 Å². The zero-order chi connectivity index (χ0) is 8.72. The maximum atomic E-state index is 5.59. The van der Waals surface area contributed by atoms with Crippen molar-refractivity contribution in [3.63, 3.8) is 0 Å². The summed E-state index contributed by atoms with van der Waals surface area (Å²) in [5, 5.41) is 4.15. The molecule has 62 valence electrons. The lowest BCUT2D eigenvalue weighted by molar-refractivity contribution is 0.800. The van der Waals surface area contributed by atoms with Gasteiger partial charge >= 0.3 is 0 Å². The minimum absolute atomic E-state index is 0.183. The van der Waals surface area contributed by atoms with Gasteiger partial charge in [-0.05, 0) is 11.6 Å². The molecule has 0 spiro atoms. The molecule has 0 aliphatic heterocycles. The van der Waals surface area contributed by atoms with E-state index in [1.54, 1.807) is 17.9 Å². The van der Waals surface area contributed by atoms with E-state index in [9.17, 15) is 0 Å². The molecule has 5 nitrogen and oxygen atoms in total. The molecular weight excluding hydrogens is 178 g/mol. The topological polar surface area (TPSA) is 69.6 Å². The van der Waals surface area contributed by atoms with E-state index >= 15 is 0 Å². The molecule has 0 atom stereocenters. The summed E-state index contributed by atoms with van der Waals surface area (Å²) in [5.41, 5.74) is 6.93. The van der Waals surface area contributed by atoms with Crippen LogP contribution >= 0.6 is 11.6 Å². The summed E-state index contributed by atoms with van der Waals surface area (Å²) < 4.78 is 1.61. The molecule has 0 amide bonds. The molecular formula is C6H6ClN5. The van der Waals surface area contributed by atoms with Crippen molar-refractivity contribution in [2.24, 2.45) is 7.05 Å². The van der Waals surface area contributed by atoms with Gasteiger partial charge in [0.2, 0.25) is 5.28 Å². The Morgan fingerprint density at radius 2 is 2.33 bits per heavy atom. The Labute approximate surface area is 73.2 Å². The molecule has 12 heavy (non-hydrogen) atoms. The first-order valence-electron chi connectivity index (χ1n) is 3.29. The van der Waals surface area contributed by atoms with Gasteiger partial charge in [0, 0.05) is 7.05 Å². The normalized spacial score (nSPS) is 10.8. The molecule has 2 N–H and O–H groups in total. The lowest BCUT2D eigenvalue weighted by Gasteiger charge is -1.91. The molecule has 2 rings (SSSR count). The Hall–Kier alpha value is -1.36. The average molecular weight is 184 g/mol. The molecule has 0 fully saturated rings. The second-order valence-corrected chi connectivity index (χ2v) is 2.72. The third kappa shape index (κ3) is 0.902. The van der Waals surface area contributed by atoms with Crippen molar-refractivity contribution in [3.8, 4) is 0 Å². The zero-order valence-electron chi connectivity index (χ0n) is 6.32. The van der Waals surface area contributed by atoms with Crippen LogP contribution in [0.2, 0.25) is 5.28 Å². The fraction of sp³-hybridized carbons (Fsp3) is 0.167. The van der Waals surface area contributed by atoms with E-state index in [2.05, 4.69) is 15.1 Å². The van der Waals surface area contributed by atoms with E-state index in [1.165, 1.54) is 0 Å². The van der Waals surface area contributed by atoms with Crippen LogP contribution in [0.4, 0.5) is 5.82 Å². The highest BCUT2D eigenvalue weighted by Crippen LogP contribution is 2.17. The summed E-state index contributed by atoms with van der Waals surface area (Å²) in [6.45, 7) is 0. The third-order valence-electron chi connectivity index (χ3n) is 1.59. The van der Waals surface area contributed by atoms with Crippen LogP contribution in [0.1, 0.15) is 0 Å². The quantitative estimate of drug-likeness (QED) is 0.608. The number of hydrogen-bond acceptors (Lipinski definition) is 4. The smallest absolute Gasteiger partial charge is 0.223 e. The molecule has 0 radical (unpaired) electrons. The number of aryl methyl sites for hydroxylation is 1. The van der Waals surface area contributed by atoms with Gasteiger partial charge in [-0.25, -0.2) is 9.97 Å². The van der Waals surface area contributed by atoms with Crippen molar-refractivity contribution in [3.05, 3.63) is 11.5 Å². The van der Waals surface area contributed by atoms with Crippen LogP contribution in [-0.2, 0) is 7.05 Å². The van der Waals surface area contributed by atoms with Crippen molar-refractivity contribution in [2.45, 2.75) is 0 Å². The minimum Gasteiger partial charge on any atom is -0.380 e. The van der Waals surface area contributed by atoms with Crippen molar-refractivity contribution in [1.82, 2.24) is 19.7 Å². The molecule has 0 aromatic carbocycles. The highest BCUT2D eigenvalue weighted by Gasteiger charge is 2.07. The summed E-state index contributed by atoms with van der Waals surface area (Å²) >= 11 is 5.59. The van der Waals surface area contributed by atoms with Gasteiger partial charge in [0.25, 0.3) is 0 Å². The number of hydrogen-bond donors (Lipinski definition) is 1. The van der Waals surface area contributed by atoms with Crippen molar-refractivity contribution < 1.29 is 0 Å². The Kier molecular flexibility index (Phi) is 1.41. The van der Waals surface area contributed by atoms with E-state index in [1.807, 2.05) is 0 Å². The summed E-state index contributed by atoms with van der Waals surface area (Å²) in [6, 6.07) is 0. The van der Waals surface area contributed by atoms with Crippen LogP contribution in [0, 0.1) is 0 Å². The van der Waals surface area contributed by atoms with E-state index in [0.29, 0.717) is 11.3 Å². The number of nitrogens with zero attached hydrogens (tertiary/aromatic N) is 4. The van der Waals surface area contributed by atoms with Crippen LogP contribution in [0.5, 0.6) is 0 Å². The van der Waals surface area contributed by atoms with Crippen LogP contribution in [0.25, 0.3) is 11.0 Å². The molecule has 0 aliphatic rings. The number of anilines is 1. The van der Waals surface area contributed by atoms with Crippen LogP contribution < -0.4 is 5.73 Å². The lowest BCUT2D eigenvalue weighted by atomic mass is 10.4. The Morgan fingerprint density at radius 1 is 1.58 bits per heavy atom. The van der Waals surface area contributed by atoms with Crippen LogP contribution in [0.3, 0.4) is 0 Å². The molecule has 0 aliphatic carbocycles. The summed E-state index contributed by atoms with van der Waals surface area (Å²) in [4.78, 5) is 7.76. The van der Waals surface area contributed by atoms with E-state index in [4.69, 9.17) is 17.3 Å². The zero-order valence-corrected chi connectivity index (χ0v) is 7.08. The molecule has 0 unspecified atom stereocenters. The van der Waals surface area contributed by atoms with Gasteiger partial charge in [0.15, 0.2) is 5.82 Å². The van der Waals surface area contributed by atoms with Gasteiger partial charge in [-0.3, -0.25) is 4.68 Å².